The van der Waals surface area contributed by atoms with Gasteiger partial charge in [0.2, 0.25) is 6.29 Å². The summed E-state index contributed by atoms with van der Waals surface area (Å²) >= 11 is 0. The van der Waals surface area contributed by atoms with Crippen molar-refractivity contribution in [1.82, 2.24) is 0 Å². The fraction of sp³-hybridized carbons (Fsp3) is 0.318. The van der Waals surface area contributed by atoms with E-state index in [1.165, 1.54) is 31.2 Å². The highest BCUT2D eigenvalue weighted by Gasteiger charge is 2.43. The maximum Gasteiger partial charge on any atom is 0.229 e. The van der Waals surface area contributed by atoms with Gasteiger partial charge in [0.1, 0.15) is 52.3 Å². The van der Waals surface area contributed by atoms with Gasteiger partial charge < -0.3 is 39.4 Å². The Morgan fingerprint density at radius 3 is 2.29 bits per heavy atom. The standard InChI is InChI=1S/C22H22O9/c1-9-17(25)16-14(30-21(9)11-3-5-12(23)6-4-11)7-13(24)8-15(16)31-22-20(28)19(27)18(26)10(2)29-22/h3-8,10,18-20,22-24,26-28H,1-2H3. The molecule has 2 heterocycles. The topological polar surface area (TPSA) is 150 Å². The molecule has 9 heteroatoms. The van der Waals surface area contributed by atoms with Crippen LogP contribution in [0, 0.1) is 6.92 Å². The van der Waals surface area contributed by atoms with E-state index in [9.17, 15) is 30.3 Å². The van der Waals surface area contributed by atoms with Crippen molar-refractivity contribution in [3.8, 4) is 28.6 Å². The number of aliphatic hydroxyl groups is 3. The number of hydrogen-bond donors (Lipinski definition) is 5. The first-order valence-corrected chi connectivity index (χ1v) is 9.63. The van der Waals surface area contributed by atoms with Crippen molar-refractivity contribution < 1.29 is 39.4 Å². The van der Waals surface area contributed by atoms with E-state index in [-0.39, 0.29) is 39.5 Å². The summed E-state index contributed by atoms with van der Waals surface area (Å²) < 4.78 is 17.0. The molecule has 0 aliphatic carbocycles. The monoisotopic (exact) mass is 430 g/mol. The van der Waals surface area contributed by atoms with Crippen LogP contribution >= 0.6 is 0 Å². The second-order valence-electron chi connectivity index (χ2n) is 7.55. The van der Waals surface area contributed by atoms with E-state index in [1.807, 2.05) is 0 Å². The molecule has 4 rings (SSSR count). The van der Waals surface area contributed by atoms with Crippen LogP contribution in [0.3, 0.4) is 0 Å². The third-order valence-electron chi connectivity index (χ3n) is 5.35. The molecule has 5 N–H and O–H groups in total. The van der Waals surface area contributed by atoms with E-state index in [2.05, 4.69) is 0 Å². The maximum atomic E-state index is 13.2. The Bertz CT molecular complexity index is 1170. The fourth-order valence-electron chi connectivity index (χ4n) is 3.57. The number of hydrogen-bond acceptors (Lipinski definition) is 9. The lowest BCUT2D eigenvalue weighted by Gasteiger charge is -2.38. The smallest absolute Gasteiger partial charge is 0.229 e. The lowest BCUT2D eigenvalue weighted by atomic mass is 10.00. The van der Waals surface area contributed by atoms with Gasteiger partial charge >= 0.3 is 0 Å². The molecule has 0 radical (unpaired) electrons. The van der Waals surface area contributed by atoms with Gasteiger partial charge in [-0.3, -0.25) is 4.79 Å². The molecule has 0 spiro atoms. The lowest BCUT2D eigenvalue weighted by Crippen LogP contribution is -2.58. The van der Waals surface area contributed by atoms with E-state index in [0.717, 1.165) is 0 Å². The maximum absolute atomic E-state index is 13.2. The van der Waals surface area contributed by atoms with Crippen LogP contribution in [0.25, 0.3) is 22.3 Å². The Kier molecular flexibility index (Phi) is 5.36. The number of phenols is 2. The summed E-state index contributed by atoms with van der Waals surface area (Å²) in [6.45, 7) is 3.07. The molecule has 0 saturated carbocycles. The zero-order chi connectivity index (χ0) is 22.4. The summed E-state index contributed by atoms with van der Waals surface area (Å²) in [7, 11) is 0. The second kappa shape index (κ2) is 7.86. The van der Waals surface area contributed by atoms with Crippen LogP contribution in [0.5, 0.6) is 17.2 Å². The van der Waals surface area contributed by atoms with Crippen molar-refractivity contribution >= 4 is 11.0 Å². The number of aliphatic hydroxyl groups excluding tert-OH is 3. The minimum atomic E-state index is -1.59. The molecular weight excluding hydrogens is 408 g/mol. The normalized spacial score (nSPS) is 26.2. The molecule has 31 heavy (non-hydrogen) atoms. The van der Waals surface area contributed by atoms with E-state index < -0.39 is 36.1 Å². The summed E-state index contributed by atoms with van der Waals surface area (Å²) in [6.07, 6.45) is -6.65. The average Bonchev–Trinajstić information content (AvgIpc) is 2.73. The number of fused-ring (bicyclic) bond motifs is 1. The quantitative estimate of drug-likeness (QED) is 0.415. The number of ether oxygens (including phenoxy) is 2. The molecule has 1 aliphatic heterocycles. The van der Waals surface area contributed by atoms with Gasteiger partial charge in [-0.05, 0) is 38.1 Å². The summed E-state index contributed by atoms with van der Waals surface area (Å²) in [5.74, 6) is -0.0466. The molecule has 5 unspecified atom stereocenters. The first kappa shape index (κ1) is 21.1. The van der Waals surface area contributed by atoms with Gasteiger partial charge in [-0.25, -0.2) is 0 Å². The van der Waals surface area contributed by atoms with Crippen molar-refractivity contribution in [3.05, 3.63) is 52.2 Å². The highest BCUT2D eigenvalue weighted by atomic mass is 16.7. The molecular formula is C22H22O9. The molecule has 3 aromatic rings. The van der Waals surface area contributed by atoms with Gasteiger partial charge in [-0.2, -0.15) is 0 Å². The van der Waals surface area contributed by atoms with Crippen LogP contribution in [-0.4, -0.2) is 56.2 Å². The number of aromatic hydroxyl groups is 2. The molecule has 1 aromatic heterocycles. The summed E-state index contributed by atoms with van der Waals surface area (Å²) in [5.41, 5.74) is 0.422. The van der Waals surface area contributed by atoms with Gasteiger partial charge in [0.05, 0.1) is 6.10 Å². The summed E-state index contributed by atoms with van der Waals surface area (Å²) in [5, 5.41) is 49.7. The van der Waals surface area contributed by atoms with Crippen molar-refractivity contribution in [2.45, 2.75) is 44.6 Å². The predicted molar refractivity (Wildman–Crippen MR) is 109 cm³/mol. The lowest BCUT2D eigenvalue weighted by molar-refractivity contribution is -0.267. The summed E-state index contributed by atoms with van der Waals surface area (Å²) in [6, 6.07) is 8.53. The molecule has 5 atom stereocenters. The van der Waals surface area contributed by atoms with E-state index in [4.69, 9.17) is 13.9 Å². The van der Waals surface area contributed by atoms with Gasteiger partial charge in [0.25, 0.3) is 0 Å². The van der Waals surface area contributed by atoms with E-state index in [1.54, 1.807) is 19.1 Å². The van der Waals surface area contributed by atoms with E-state index >= 15 is 0 Å². The molecule has 164 valence electrons. The van der Waals surface area contributed by atoms with Crippen molar-refractivity contribution in [3.63, 3.8) is 0 Å². The first-order chi connectivity index (χ1) is 14.7. The molecule has 1 saturated heterocycles. The number of phenolic OH excluding ortho intramolecular Hbond substituents is 2. The minimum Gasteiger partial charge on any atom is -0.508 e. The Labute approximate surface area is 176 Å². The zero-order valence-electron chi connectivity index (χ0n) is 16.7. The van der Waals surface area contributed by atoms with Crippen molar-refractivity contribution in [2.24, 2.45) is 0 Å². The van der Waals surface area contributed by atoms with Crippen LogP contribution in [0.4, 0.5) is 0 Å². The minimum absolute atomic E-state index is 0.0156. The van der Waals surface area contributed by atoms with Crippen LogP contribution in [0.15, 0.2) is 45.6 Å². The average molecular weight is 430 g/mol. The fourth-order valence-corrected chi connectivity index (χ4v) is 3.57. The Balaban J connectivity index is 1.81. The van der Waals surface area contributed by atoms with Gasteiger partial charge in [-0.15, -0.1) is 0 Å². The van der Waals surface area contributed by atoms with E-state index in [0.29, 0.717) is 5.56 Å². The van der Waals surface area contributed by atoms with Crippen LogP contribution < -0.4 is 10.2 Å². The molecule has 0 amide bonds. The molecule has 1 fully saturated rings. The number of benzene rings is 2. The third kappa shape index (κ3) is 3.72. The predicted octanol–water partition coefficient (Wildman–Crippen LogP) is 1.39. The highest BCUT2D eigenvalue weighted by Crippen LogP contribution is 2.35. The zero-order valence-corrected chi connectivity index (χ0v) is 16.7. The Morgan fingerprint density at radius 2 is 1.61 bits per heavy atom. The van der Waals surface area contributed by atoms with Gasteiger partial charge in [0, 0.05) is 23.3 Å². The van der Waals surface area contributed by atoms with Gasteiger partial charge in [-0.1, -0.05) is 0 Å². The number of rotatable bonds is 3. The first-order valence-electron chi connectivity index (χ1n) is 9.63. The Morgan fingerprint density at radius 1 is 0.935 bits per heavy atom. The highest BCUT2D eigenvalue weighted by molar-refractivity contribution is 5.87. The molecule has 0 bridgehead atoms. The van der Waals surface area contributed by atoms with Crippen molar-refractivity contribution in [1.29, 1.82) is 0 Å². The Hall–Kier alpha value is -3.11. The molecule has 9 nitrogen and oxygen atoms in total. The SMILES string of the molecule is Cc1c(-c2ccc(O)cc2)oc2cc(O)cc(OC3OC(C)C(O)C(O)C3O)c2c1=O. The largest absolute Gasteiger partial charge is 0.508 e. The van der Waals surface area contributed by atoms with Gasteiger partial charge in [0.15, 0.2) is 5.43 Å². The van der Waals surface area contributed by atoms with Crippen LogP contribution in [0.1, 0.15) is 12.5 Å². The van der Waals surface area contributed by atoms with Crippen LogP contribution in [0.2, 0.25) is 0 Å². The second-order valence-corrected chi connectivity index (χ2v) is 7.55. The van der Waals surface area contributed by atoms with Crippen molar-refractivity contribution in [2.75, 3.05) is 0 Å². The summed E-state index contributed by atoms with van der Waals surface area (Å²) in [4.78, 5) is 13.2. The molecule has 1 aliphatic rings. The third-order valence-corrected chi connectivity index (χ3v) is 5.35. The van der Waals surface area contributed by atoms with Crippen LogP contribution in [-0.2, 0) is 4.74 Å². The molecule has 2 aromatic carbocycles.